The Morgan fingerprint density at radius 3 is 2.42 bits per heavy atom. The Kier molecular flexibility index (Phi) is 5.36. The molecular formula is C19H17NO3S. The quantitative estimate of drug-likeness (QED) is 0.680. The molecule has 5 heteroatoms. The summed E-state index contributed by atoms with van der Waals surface area (Å²) in [4.78, 5) is 4.37. The van der Waals surface area contributed by atoms with Crippen molar-refractivity contribution in [2.45, 2.75) is 6.42 Å². The molecule has 0 spiro atoms. The van der Waals surface area contributed by atoms with Crippen molar-refractivity contribution in [3.8, 4) is 22.8 Å². The largest absolute Gasteiger partial charge is 0.457 e. The van der Waals surface area contributed by atoms with E-state index in [1.165, 1.54) is 0 Å². The average molecular weight is 339 g/mol. The molecule has 0 amide bonds. The third-order valence-corrected chi connectivity index (χ3v) is 4.08. The van der Waals surface area contributed by atoms with Gasteiger partial charge in [-0.3, -0.25) is 4.98 Å². The second kappa shape index (κ2) is 7.86. The van der Waals surface area contributed by atoms with Crippen LogP contribution in [0.2, 0.25) is 0 Å². The maximum Gasteiger partial charge on any atom is 0.153 e. The van der Waals surface area contributed by atoms with E-state index in [1.54, 1.807) is 6.20 Å². The number of pyridine rings is 1. The van der Waals surface area contributed by atoms with Gasteiger partial charge in [-0.25, -0.2) is 4.21 Å². The summed E-state index contributed by atoms with van der Waals surface area (Å²) in [5.41, 5.74) is 2.90. The number of nitrogens with zero attached hydrogens (tertiary/aromatic N) is 1. The van der Waals surface area contributed by atoms with E-state index in [2.05, 4.69) is 4.98 Å². The van der Waals surface area contributed by atoms with Crippen LogP contribution in [0.15, 0.2) is 72.9 Å². The smallest absolute Gasteiger partial charge is 0.153 e. The predicted molar refractivity (Wildman–Crippen MR) is 95.5 cm³/mol. The lowest BCUT2D eigenvalue weighted by Crippen LogP contribution is -1.98. The van der Waals surface area contributed by atoms with Crippen LogP contribution in [0.1, 0.15) is 5.56 Å². The molecule has 0 radical (unpaired) electrons. The second-order valence-corrected chi connectivity index (χ2v) is 6.32. The normalized spacial score (nSPS) is 11.9. The molecule has 0 aliphatic heterocycles. The fraction of sp³-hybridized carbons (Fsp3) is 0.105. The second-order valence-electron chi connectivity index (χ2n) is 5.26. The topological polar surface area (TPSA) is 59.4 Å². The summed E-state index contributed by atoms with van der Waals surface area (Å²) in [7, 11) is 0. The van der Waals surface area contributed by atoms with Crippen LogP contribution in [0.25, 0.3) is 11.3 Å². The summed E-state index contributed by atoms with van der Waals surface area (Å²) in [6.07, 6.45) is 2.29. The fourth-order valence-corrected chi connectivity index (χ4v) is 2.72. The van der Waals surface area contributed by atoms with Gasteiger partial charge in [-0.15, -0.1) is 0 Å². The third kappa shape index (κ3) is 4.50. The van der Waals surface area contributed by atoms with Crippen molar-refractivity contribution in [2.24, 2.45) is 0 Å². The van der Waals surface area contributed by atoms with Gasteiger partial charge in [-0.1, -0.05) is 42.5 Å². The monoisotopic (exact) mass is 339 g/mol. The van der Waals surface area contributed by atoms with Gasteiger partial charge in [0.25, 0.3) is 0 Å². The van der Waals surface area contributed by atoms with Crippen LogP contribution >= 0.6 is 0 Å². The van der Waals surface area contributed by atoms with Gasteiger partial charge in [0.2, 0.25) is 0 Å². The van der Waals surface area contributed by atoms with Crippen molar-refractivity contribution in [1.82, 2.24) is 4.98 Å². The molecule has 4 nitrogen and oxygen atoms in total. The van der Waals surface area contributed by atoms with Gasteiger partial charge in [0, 0.05) is 17.8 Å². The van der Waals surface area contributed by atoms with Gasteiger partial charge in [-0.05, 0) is 30.2 Å². The molecule has 0 bridgehead atoms. The van der Waals surface area contributed by atoms with Crippen LogP contribution in [0, 0.1) is 0 Å². The minimum absolute atomic E-state index is 0.241. The minimum atomic E-state index is -1.76. The van der Waals surface area contributed by atoms with Gasteiger partial charge in [0.05, 0.1) is 11.4 Å². The maximum atomic E-state index is 10.7. The first-order chi connectivity index (χ1) is 11.7. The summed E-state index contributed by atoms with van der Waals surface area (Å²) < 4.78 is 25.4. The lowest BCUT2D eigenvalue weighted by atomic mass is 10.1. The SMILES string of the molecule is O=S(O)CCc1ccc(Oc2ccnc(-c3ccccc3)c2)cc1. The van der Waals surface area contributed by atoms with Crippen LogP contribution in [-0.2, 0) is 17.5 Å². The molecule has 0 saturated carbocycles. The van der Waals surface area contributed by atoms with E-state index < -0.39 is 11.1 Å². The number of benzene rings is 2. The molecule has 3 rings (SSSR count). The van der Waals surface area contributed by atoms with Crippen LogP contribution in [0.3, 0.4) is 0 Å². The summed E-state index contributed by atoms with van der Waals surface area (Å²) in [5, 5.41) is 0. The van der Waals surface area contributed by atoms with Crippen LogP contribution in [0.4, 0.5) is 0 Å². The average Bonchev–Trinajstić information content (AvgIpc) is 2.62. The Balaban J connectivity index is 1.71. The number of hydrogen-bond acceptors (Lipinski definition) is 3. The first kappa shape index (κ1) is 16.4. The highest BCUT2D eigenvalue weighted by molar-refractivity contribution is 7.79. The predicted octanol–water partition coefficient (Wildman–Crippen LogP) is 4.31. The highest BCUT2D eigenvalue weighted by atomic mass is 32.2. The van der Waals surface area contributed by atoms with Crippen LogP contribution < -0.4 is 4.74 Å². The van der Waals surface area contributed by atoms with E-state index in [4.69, 9.17) is 9.29 Å². The number of hydrogen-bond donors (Lipinski definition) is 1. The molecule has 24 heavy (non-hydrogen) atoms. The number of aryl methyl sites for hydroxylation is 1. The van der Waals surface area contributed by atoms with Crippen LogP contribution in [-0.4, -0.2) is 19.5 Å². The van der Waals surface area contributed by atoms with Crippen molar-refractivity contribution in [3.05, 3.63) is 78.5 Å². The van der Waals surface area contributed by atoms with Crippen molar-refractivity contribution < 1.29 is 13.5 Å². The number of rotatable bonds is 6. The Labute approximate surface area is 143 Å². The Morgan fingerprint density at radius 2 is 1.71 bits per heavy atom. The summed E-state index contributed by atoms with van der Waals surface area (Å²) >= 11 is -1.76. The number of aromatic nitrogens is 1. The van der Waals surface area contributed by atoms with E-state index in [1.807, 2.05) is 66.7 Å². The van der Waals surface area contributed by atoms with Gasteiger partial charge < -0.3 is 9.29 Å². The lowest BCUT2D eigenvalue weighted by molar-refractivity contribution is 0.482. The molecule has 1 N–H and O–H groups in total. The van der Waals surface area contributed by atoms with Gasteiger partial charge in [0.1, 0.15) is 11.5 Å². The van der Waals surface area contributed by atoms with Crippen molar-refractivity contribution in [3.63, 3.8) is 0 Å². The summed E-state index contributed by atoms with van der Waals surface area (Å²) in [6.45, 7) is 0. The number of ether oxygens (including phenoxy) is 1. The molecule has 0 fully saturated rings. The molecule has 3 aromatic rings. The zero-order valence-corrected chi connectivity index (χ0v) is 13.8. The van der Waals surface area contributed by atoms with E-state index in [9.17, 15) is 4.21 Å². The highest BCUT2D eigenvalue weighted by Gasteiger charge is 2.03. The molecule has 0 aliphatic rings. The Hall–Kier alpha value is -2.50. The summed E-state index contributed by atoms with van der Waals surface area (Å²) in [6, 6.07) is 21.2. The molecule has 122 valence electrons. The molecule has 1 atom stereocenters. The molecule has 1 heterocycles. The van der Waals surface area contributed by atoms with Crippen molar-refractivity contribution in [2.75, 3.05) is 5.75 Å². The lowest BCUT2D eigenvalue weighted by Gasteiger charge is -2.08. The Bertz CT molecular complexity index is 820. The van der Waals surface area contributed by atoms with Gasteiger partial charge in [-0.2, -0.15) is 0 Å². The van der Waals surface area contributed by atoms with E-state index in [-0.39, 0.29) is 5.75 Å². The summed E-state index contributed by atoms with van der Waals surface area (Å²) in [5.74, 6) is 1.67. The van der Waals surface area contributed by atoms with Gasteiger partial charge in [0.15, 0.2) is 11.1 Å². The van der Waals surface area contributed by atoms with Gasteiger partial charge >= 0.3 is 0 Å². The van der Waals surface area contributed by atoms with E-state index in [0.717, 1.165) is 16.8 Å². The maximum absolute atomic E-state index is 10.7. The third-order valence-electron chi connectivity index (χ3n) is 3.53. The van der Waals surface area contributed by atoms with E-state index >= 15 is 0 Å². The highest BCUT2D eigenvalue weighted by Crippen LogP contribution is 2.25. The van der Waals surface area contributed by atoms with Crippen molar-refractivity contribution >= 4 is 11.1 Å². The standard InChI is InChI=1S/C19H17NO3S/c21-24(22)13-11-15-6-8-17(9-7-15)23-18-10-12-20-19(14-18)16-4-2-1-3-5-16/h1-10,12,14H,11,13H2,(H,21,22). The first-order valence-electron chi connectivity index (χ1n) is 7.56. The minimum Gasteiger partial charge on any atom is -0.457 e. The molecule has 1 aromatic heterocycles. The Morgan fingerprint density at radius 1 is 0.958 bits per heavy atom. The zero-order chi connectivity index (χ0) is 16.8. The molecule has 2 aromatic carbocycles. The molecule has 0 saturated heterocycles. The van der Waals surface area contributed by atoms with Crippen molar-refractivity contribution in [1.29, 1.82) is 0 Å². The molecular weight excluding hydrogens is 322 g/mol. The zero-order valence-electron chi connectivity index (χ0n) is 13.0. The molecule has 0 aliphatic carbocycles. The van der Waals surface area contributed by atoms with E-state index in [0.29, 0.717) is 17.9 Å². The van der Waals surface area contributed by atoms with Crippen LogP contribution in [0.5, 0.6) is 11.5 Å². The molecule has 1 unspecified atom stereocenters. The first-order valence-corrected chi connectivity index (χ1v) is 8.84. The fourth-order valence-electron chi connectivity index (χ4n) is 2.31.